The van der Waals surface area contributed by atoms with Crippen LogP contribution >= 0.6 is 0 Å². The maximum absolute atomic E-state index is 12.8. The van der Waals surface area contributed by atoms with Crippen LogP contribution in [0.4, 0.5) is 5.69 Å². The Hall–Kier alpha value is -4.39. The first-order chi connectivity index (χ1) is 18.2. The molecule has 0 saturated heterocycles. The molecule has 7 heteroatoms. The molecule has 6 rings (SSSR count). The van der Waals surface area contributed by atoms with Crippen molar-refractivity contribution in [2.45, 2.75) is 32.1 Å². The van der Waals surface area contributed by atoms with E-state index in [1.807, 2.05) is 18.2 Å². The van der Waals surface area contributed by atoms with E-state index in [1.54, 1.807) is 30.3 Å². The molecule has 7 nitrogen and oxygen atoms in total. The van der Waals surface area contributed by atoms with Crippen molar-refractivity contribution in [3.05, 3.63) is 83.6 Å². The highest BCUT2D eigenvalue weighted by Gasteiger charge is 2.18. The van der Waals surface area contributed by atoms with Gasteiger partial charge in [0, 0.05) is 35.4 Å². The smallest absolute Gasteiger partial charge is 0.251 e. The lowest BCUT2D eigenvalue weighted by Crippen LogP contribution is -2.26. The number of benzene rings is 3. The molecule has 0 bridgehead atoms. The number of carbonyl (C=O) groups is 1. The average molecular weight is 492 g/mol. The summed E-state index contributed by atoms with van der Waals surface area (Å²) in [5.74, 6) is 0.614. The lowest BCUT2D eigenvalue weighted by molar-refractivity contribution is 0.0953. The van der Waals surface area contributed by atoms with E-state index in [4.69, 9.17) is 4.98 Å². The summed E-state index contributed by atoms with van der Waals surface area (Å²) in [5, 5.41) is 18.0. The third kappa shape index (κ3) is 4.60. The molecule has 186 valence electrons. The van der Waals surface area contributed by atoms with Crippen LogP contribution in [0.3, 0.4) is 0 Å². The first-order valence-electron chi connectivity index (χ1n) is 12.9. The molecule has 37 heavy (non-hydrogen) atoms. The van der Waals surface area contributed by atoms with Gasteiger partial charge in [0.1, 0.15) is 11.6 Å². The lowest BCUT2D eigenvalue weighted by Gasteiger charge is -2.21. The van der Waals surface area contributed by atoms with Gasteiger partial charge in [-0.2, -0.15) is 0 Å². The molecule has 0 spiro atoms. The van der Waals surface area contributed by atoms with Crippen LogP contribution in [0.5, 0.6) is 5.75 Å². The van der Waals surface area contributed by atoms with E-state index in [9.17, 15) is 9.90 Å². The van der Waals surface area contributed by atoms with Crippen molar-refractivity contribution in [1.82, 2.24) is 20.3 Å². The number of nitrogens with one attached hydrogen (secondary N) is 3. The Balaban J connectivity index is 1.09. The lowest BCUT2D eigenvalue weighted by atomic mass is 9.92. The Kier molecular flexibility index (Phi) is 6.18. The minimum atomic E-state index is -0.118. The SMILES string of the molecule is O=C(NCCCNc1c2c(nc3ccccc13)CCCC2)c1ccc2nc(-c3ccccc3O)[nH]c2c1. The second kappa shape index (κ2) is 9.93. The monoisotopic (exact) mass is 491 g/mol. The summed E-state index contributed by atoms with van der Waals surface area (Å²) in [4.78, 5) is 25.5. The van der Waals surface area contributed by atoms with Gasteiger partial charge in [-0.3, -0.25) is 9.78 Å². The van der Waals surface area contributed by atoms with Crippen molar-refractivity contribution in [3.63, 3.8) is 0 Å². The summed E-state index contributed by atoms with van der Waals surface area (Å²) in [6, 6.07) is 20.8. The number of hydrogen-bond acceptors (Lipinski definition) is 5. The molecular formula is C30H29N5O2. The summed E-state index contributed by atoms with van der Waals surface area (Å²) in [6.07, 6.45) is 5.31. The maximum atomic E-state index is 12.8. The van der Waals surface area contributed by atoms with E-state index in [-0.39, 0.29) is 11.7 Å². The first-order valence-corrected chi connectivity index (χ1v) is 12.9. The number of aromatic amines is 1. The fourth-order valence-electron chi connectivity index (χ4n) is 5.13. The predicted molar refractivity (Wildman–Crippen MR) is 147 cm³/mol. The number of amides is 1. The van der Waals surface area contributed by atoms with E-state index in [1.165, 1.54) is 35.2 Å². The van der Waals surface area contributed by atoms with Crippen molar-refractivity contribution in [2.24, 2.45) is 0 Å². The summed E-state index contributed by atoms with van der Waals surface area (Å²) >= 11 is 0. The maximum Gasteiger partial charge on any atom is 0.251 e. The number of rotatable bonds is 7. The van der Waals surface area contributed by atoms with E-state index in [0.717, 1.165) is 42.4 Å². The number of hydrogen-bond donors (Lipinski definition) is 4. The van der Waals surface area contributed by atoms with E-state index in [2.05, 4.69) is 38.8 Å². The minimum Gasteiger partial charge on any atom is -0.507 e. The van der Waals surface area contributed by atoms with Crippen LogP contribution in [-0.2, 0) is 12.8 Å². The minimum absolute atomic E-state index is 0.118. The highest BCUT2D eigenvalue weighted by Crippen LogP contribution is 2.33. The topological polar surface area (TPSA) is 103 Å². The number of pyridine rings is 1. The van der Waals surface area contributed by atoms with Crippen LogP contribution in [-0.4, -0.2) is 39.1 Å². The second-order valence-electron chi connectivity index (χ2n) is 9.51. The molecule has 2 aromatic heterocycles. The van der Waals surface area contributed by atoms with Crippen molar-refractivity contribution >= 4 is 33.5 Å². The molecule has 3 aromatic carbocycles. The Morgan fingerprint density at radius 2 is 1.76 bits per heavy atom. The largest absolute Gasteiger partial charge is 0.507 e. The number of nitrogens with zero attached hydrogens (tertiary/aromatic N) is 2. The van der Waals surface area contributed by atoms with Crippen LogP contribution in [0.25, 0.3) is 33.3 Å². The van der Waals surface area contributed by atoms with Gasteiger partial charge in [0.15, 0.2) is 0 Å². The zero-order valence-electron chi connectivity index (χ0n) is 20.6. The summed E-state index contributed by atoms with van der Waals surface area (Å²) < 4.78 is 0. The van der Waals surface area contributed by atoms with Gasteiger partial charge in [0.05, 0.1) is 22.1 Å². The summed E-state index contributed by atoms with van der Waals surface area (Å²) in [5.41, 5.74) is 7.51. The highest BCUT2D eigenvalue weighted by molar-refractivity contribution is 5.98. The fourth-order valence-corrected chi connectivity index (χ4v) is 5.13. The van der Waals surface area contributed by atoms with Gasteiger partial charge < -0.3 is 20.7 Å². The molecule has 0 unspecified atom stereocenters. The number of anilines is 1. The Labute approximate surface area is 215 Å². The van der Waals surface area contributed by atoms with Crippen LogP contribution in [0.1, 0.15) is 40.9 Å². The number of carbonyl (C=O) groups excluding carboxylic acids is 1. The molecule has 1 aliphatic rings. The molecule has 1 aliphatic carbocycles. The molecule has 5 aromatic rings. The van der Waals surface area contributed by atoms with Crippen LogP contribution < -0.4 is 10.6 Å². The molecule has 1 amide bonds. The van der Waals surface area contributed by atoms with Crippen LogP contribution in [0, 0.1) is 0 Å². The molecule has 4 N–H and O–H groups in total. The van der Waals surface area contributed by atoms with Gasteiger partial charge in [-0.1, -0.05) is 30.3 Å². The van der Waals surface area contributed by atoms with Gasteiger partial charge in [-0.25, -0.2) is 4.98 Å². The Morgan fingerprint density at radius 1 is 0.919 bits per heavy atom. The molecule has 0 aliphatic heterocycles. The number of aromatic hydroxyl groups is 1. The Bertz CT molecular complexity index is 1610. The quantitative estimate of drug-likeness (QED) is 0.222. The van der Waals surface area contributed by atoms with Crippen LogP contribution in [0.15, 0.2) is 66.7 Å². The van der Waals surface area contributed by atoms with Crippen molar-refractivity contribution in [2.75, 3.05) is 18.4 Å². The molecule has 0 fully saturated rings. The van der Waals surface area contributed by atoms with E-state index in [0.29, 0.717) is 23.5 Å². The van der Waals surface area contributed by atoms with Gasteiger partial charge in [0.25, 0.3) is 5.91 Å². The zero-order chi connectivity index (χ0) is 25.2. The van der Waals surface area contributed by atoms with Gasteiger partial charge in [0.2, 0.25) is 0 Å². The number of fused-ring (bicyclic) bond motifs is 3. The van der Waals surface area contributed by atoms with Gasteiger partial charge in [-0.05, 0) is 74.1 Å². The average Bonchev–Trinajstić information content (AvgIpc) is 3.35. The summed E-state index contributed by atoms with van der Waals surface area (Å²) in [7, 11) is 0. The number of aryl methyl sites for hydroxylation is 1. The van der Waals surface area contributed by atoms with Gasteiger partial charge in [-0.15, -0.1) is 0 Å². The molecular weight excluding hydrogens is 462 g/mol. The van der Waals surface area contributed by atoms with Gasteiger partial charge >= 0.3 is 0 Å². The van der Waals surface area contributed by atoms with Crippen molar-refractivity contribution in [3.8, 4) is 17.1 Å². The third-order valence-corrected chi connectivity index (χ3v) is 7.01. The van der Waals surface area contributed by atoms with E-state index >= 15 is 0 Å². The standard InChI is InChI=1S/C30H29N5O2/c36-27-13-6-3-10-22(27)29-34-25-15-14-19(18-26(25)35-29)30(37)32-17-7-16-31-28-20-8-1-4-11-23(20)33-24-12-5-2-9-21(24)28/h1,3-4,6,8,10-11,13-15,18,36H,2,5,7,9,12,16-17H2,(H,31,33)(H,32,37)(H,34,35). The zero-order valence-corrected chi connectivity index (χ0v) is 20.6. The number of para-hydroxylation sites is 2. The normalized spacial score (nSPS) is 13.0. The van der Waals surface area contributed by atoms with Crippen molar-refractivity contribution in [1.29, 1.82) is 0 Å². The van der Waals surface area contributed by atoms with Crippen molar-refractivity contribution < 1.29 is 9.90 Å². The summed E-state index contributed by atoms with van der Waals surface area (Å²) in [6.45, 7) is 1.34. The Morgan fingerprint density at radius 3 is 2.68 bits per heavy atom. The second-order valence-corrected chi connectivity index (χ2v) is 9.51. The first kappa shape index (κ1) is 23.0. The van der Waals surface area contributed by atoms with E-state index < -0.39 is 0 Å². The fraction of sp³-hybridized carbons (Fsp3) is 0.233. The number of phenolic OH excluding ortho intramolecular Hbond substituents is 1. The molecule has 2 heterocycles. The number of aromatic nitrogens is 3. The highest BCUT2D eigenvalue weighted by atomic mass is 16.3. The number of imidazole rings is 1. The predicted octanol–water partition coefficient (Wildman–Crippen LogP) is 5.59. The molecule has 0 atom stereocenters. The molecule has 0 saturated carbocycles. The number of H-pyrrole nitrogens is 1. The third-order valence-electron chi connectivity index (χ3n) is 7.01. The number of phenols is 1. The molecule has 0 radical (unpaired) electrons. The van der Waals surface area contributed by atoms with Crippen LogP contribution in [0.2, 0.25) is 0 Å².